The number of aliphatic carboxylic acids is 1. The van der Waals surface area contributed by atoms with Gasteiger partial charge in [-0.3, -0.25) is 4.79 Å². The summed E-state index contributed by atoms with van der Waals surface area (Å²) < 4.78 is 6.09. The molecule has 4 rings (SSSR count). The molecule has 3 aromatic carbocycles. The van der Waals surface area contributed by atoms with Crippen LogP contribution in [0.1, 0.15) is 31.2 Å². The lowest BCUT2D eigenvalue weighted by atomic mass is 10.1. The van der Waals surface area contributed by atoms with Gasteiger partial charge in [0.05, 0.1) is 10.0 Å². The first-order valence-electron chi connectivity index (χ1n) is 11.3. The molecule has 0 aliphatic heterocycles. The Kier molecular flexibility index (Phi) is 8.95. The second kappa shape index (κ2) is 12.5. The predicted octanol–water partition coefficient (Wildman–Crippen LogP) is 8.71. The maximum Gasteiger partial charge on any atom is 0.303 e. The van der Waals surface area contributed by atoms with E-state index in [1.165, 1.54) is 11.3 Å². The Hall–Kier alpha value is -3.39. The summed E-state index contributed by atoms with van der Waals surface area (Å²) in [6, 6.07) is 20.8. The Bertz CT molecular complexity index is 1370. The van der Waals surface area contributed by atoms with Crippen LogP contribution in [0.5, 0.6) is 11.5 Å². The van der Waals surface area contributed by atoms with Crippen LogP contribution in [0.15, 0.2) is 72.8 Å². The lowest BCUT2D eigenvalue weighted by molar-refractivity contribution is -0.137. The quantitative estimate of drug-likeness (QED) is 0.185. The molecule has 0 saturated heterocycles. The van der Waals surface area contributed by atoms with E-state index in [0.29, 0.717) is 27.3 Å². The van der Waals surface area contributed by atoms with Crippen molar-refractivity contribution in [2.45, 2.75) is 25.7 Å². The maximum absolute atomic E-state index is 10.6. The number of anilines is 2. The van der Waals surface area contributed by atoms with Gasteiger partial charge >= 0.3 is 5.97 Å². The summed E-state index contributed by atoms with van der Waals surface area (Å²) in [5.41, 5.74) is 2.69. The van der Waals surface area contributed by atoms with Crippen LogP contribution < -0.4 is 10.1 Å². The van der Waals surface area contributed by atoms with Crippen LogP contribution in [0, 0.1) is 0 Å². The highest BCUT2D eigenvalue weighted by Gasteiger charge is 2.09. The molecule has 2 N–H and O–H groups in total. The van der Waals surface area contributed by atoms with Crippen LogP contribution in [-0.2, 0) is 4.79 Å². The summed E-state index contributed by atoms with van der Waals surface area (Å²) in [6.45, 7) is 0. The Balaban J connectivity index is 1.38. The van der Waals surface area contributed by atoms with Crippen molar-refractivity contribution in [3.8, 4) is 22.1 Å². The number of hydrogen-bond donors (Lipinski definition) is 2. The molecule has 0 bridgehead atoms. The Morgan fingerprint density at radius 3 is 2.58 bits per heavy atom. The van der Waals surface area contributed by atoms with Gasteiger partial charge in [0, 0.05) is 17.7 Å². The molecule has 9 heteroatoms. The molecule has 4 aromatic rings. The number of halogens is 2. The van der Waals surface area contributed by atoms with Crippen LogP contribution in [0.2, 0.25) is 10.0 Å². The van der Waals surface area contributed by atoms with Crippen molar-refractivity contribution in [1.29, 1.82) is 0 Å². The van der Waals surface area contributed by atoms with E-state index in [-0.39, 0.29) is 6.42 Å². The van der Waals surface area contributed by atoms with Gasteiger partial charge in [-0.15, -0.1) is 10.2 Å². The molecule has 0 atom stereocenters. The van der Waals surface area contributed by atoms with Gasteiger partial charge in [0.25, 0.3) is 0 Å². The van der Waals surface area contributed by atoms with Crippen LogP contribution in [-0.4, -0.2) is 21.3 Å². The second-order valence-corrected chi connectivity index (χ2v) is 9.70. The standard InChI is InChI=1S/C27H23Cl2N3O3S/c28-23-14-13-20(17-24(23)29)30-27-32-31-26(36-27)19-9-6-11-22(16-19)35-21-10-5-8-18(15-21)7-3-1-2-4-12-25(33)34/h3,5-11,13-17H,1-2,4,12H2,(H,30,32)(H,33,34). The lowest BCUT2D eigenvalue weighted by Crippen LogP contribution is -1.92. The summed E-state index contributed by atoms with van der Waals surface area (Å²) in [5, 5.41) is 22.8. The third kappa shape index (κ3) is 7.55. The normalized spacial score (nSPS) is 11.1. The predicted molar refractivity (Wildman–Crippen MR) is 147 cm³/mol. The largest absolute Gasteiger partial charge is 0.481 e. The molecular weight excluding hydrogens is 517 g/mol. The van der Waals surface area contributed by atoms with Crippen LogP contribution in [0.4, 0.5) is 10.8 Å². The molecule has 36 heavy (non-hydrogen) atoms. The minimum absolute atomic E-state index is 0.211. The maximum atomic E-state index is 10.6. The summed E-state index contributed by atoms with van der Waals surface area (Å²) in [5.74, 6) is 0.662. The smallest absolute Gasteiger partial charge is 0.303 e. The number of allylic oxidation sites excluding steroid dienone is 1. The van der Waals surface area contributed by atoms with Crippen molar-refractivity contribution in [2.24, 2.45) is 0 Å². The number of carboxylic acids is 1. The van der Waals surface area contributed by atoms with Gasteiger partial charge in [0.1, 0.15) is 16.5 Å². The van der Waals surface area contributed by atoms with Gasteiger partial charge < -0.3 is 15.2 Å². The highest BCUT2D eigenvalue weighted by Crippen LogP contribution is 2.33. The van der Waals surface area contributed by atoms with Crippen LogP contribution in [0.3, 0.4) is 0 Å². The fraction of sp³-hybridized carbons (Fsp3) is 0.148. The fourth-order valence-corrected chi connectivity index (χ4v) is 4.41. The third-order valence-electron chi connectivity index (χ3n) is 5.09. The van der Waals surface area contributed by atoms with Crippen molar-refractivity contribution in [3.63, 3.8) is 0 Å². The molecule has 0 aliphatic carbocycles. The average Bonchev–Trinajstić information content (AvgIpc) is 3.32. The molecule has 0 aliphatic rings. The Labute approximate surface area is 223 Å². The number of ether oxygens (including phenoxy) is 1. The zero-order valence-electron chi connectivity index (χ0n) is 19.2. The van der Waals surface area contributed by atoms with Gasteiger partial charge in [-0.25, -0.2) is 0 Å². The van der Waals surface area contributed by atoms with E-state index in [0.717, 1.165) is 40.4 Å². The Morgan fingerprint density at radius 2 is 1.78 bits per heavy atom. The number of rotatable bonds is 11. The van der Waals surface area contributed by atoms with E-state index in [1.807, 2.05) is 60.7 Å². The van der Waals surface area contributed by atoms with Crippen LogP contribution in [0.25, 0.3) is 16.6 Å². The molecule has 184 valence electrons. The van der Waals surface area contributed by atoms with E-state index in [2.05, 4.69) is 21.6 Å². The first-order valence-corrected chi connectivity index (χ1v) is 12.9. The number of nitrogens with zero attached hydrogens (tertiary/aromatic N) is 2. The van der Waals surface area contributed by atoms with Crippen LogP contribution >= 0.6 is 34.5 Å². The van der Waals surface area contributed by atoms with Crippen molar-refractivity contribution in [1.82, 2.24) is 10.2 Å². The summed E-state index contributed by atoms with van der Waals surface area (Å²) >= 11 is 13.5. The van der Waals surface area contributed by atoms with Gasteiger partial charge in [0.2, 0.25) is 5.13 Å². The number of benzene rings is 3. The van der Waals surface area contributed by atoms with E-state index in [1.54, 1.807) is 12.1 Å². The molecule has 0 unspecified atom stereocenters. The minimum atomic E-state index is -0.751. The first-order chi connectivity index (χ1) is 17.5. The Morgan fingerprint density at radius 1 is 0.972 bits per heavy atom. The minimum Gasteiger partial charge on any atom is -0.481 e. The first kappa shape index (κ1) is 25.7. The number of carbonyl (C=O) groups is 1. The topological polar surface area (TPSA) is 84.3 Å². The van der Waals surface area contributed by atoms with Crippen molar-refractivity contribution in [3.05, 3.63) is 88.4 Å². The summed E-state index contributed by atoms with van der Waals surface area (Å²) in [4.78, 5) is 10.6. The molecule has 0 amide bonds. The van der Waals surface area contributed by atoms with Gasteiger partial charge in [0.15, 0.2) is 0 Å². The van der Waals surface area contributed by atoms with E-state index < -0.39 is 5.97 Å². The van der Waals surface area contributed by atoms with Crippen molar-refractivity contribution < 1.29 is 14.6 Å². The van der Waals surface area contributed by atoms with E-state index in [9.17, 15) is 4.79 Å². The average molecular weight is 540 g/mol. The zero-order valence-corrected chi connectivity index (χ0v) is 21.5. The lowest BCUT2D eigenvalue weighted by Gasteiger charge is -2.07. The monoisotopic (exact) mass is 539 g/mol. The molecule has 0 saturated carbocycles. The fourth-order valence-electron chi connectivity index (χ4n) is 3.36. The number of unbranched alkanes of at least 4 members (excludes halogenated alkanes) is 2. The molecule has 6 nitrogen and oxygen atoms in total. The summed E-state index contributed by atoms with van der Waals surface area (Å²) in [6.07, 6.45) is 6.66. The number of nitrogens with one attached hydrogen (secondary N) is 1. The third-order valence-corrected chi connectivity index (χ3v) is 6.72. The molecule has 0 radical (unpaired) electrons. The zero-order chi connectivity index (χ0) is 25.3. The molecule has 1 heterocycles. The highest BCUT2D eigenvalue weighted by molar-refractivity contribution is 7.18. The molecular formula is C27H23Cl2N3O3S. The van der Waals surface area contributed by atoms with Crippen molar-refractivity contribution >= 4 is 57.4 Å². The van der Waals surface area contributed by atoms with Gasteiger partial charge in [-0.2, -0.15) is 0 Å². The molecule has 1 aromatic heterocycles. The van der Waals surface area contributed by atoms with Crippen molar-refractivity contribution in [2.75, 3.05) is 5.32 Å². The van der Waals surface area contributed by atoms with E-state index >= 15 is 0 Å². The number of aromatic nitrogens is 2. The molecule has 0 spiro atoms. The SMILES string of the molecule is O=C(O)CCCCC=Cc1cccc(Oc2cccc(-c3nnc(Nc4ccc(Cl)c(Cl)c4)s3)c2)c1. The van der Waals surface area contributed by atoms with E-state index in [4.69, 9.17) is 33.0 Å². The molecule has 0 fully saturated rings. The number of hydrogen-bond acceptors (Lipinski definition) is 6. The summed E-state index contributed by atoms with van der Waals surface area (Å²) in [7, 11) is 0. The van der Waals surface area contributed by atoms with Gasteiger partial charge in [-0.1, -0.05) is 71.0 Å². The second-order valence-electron chi connectivity index (χ2n) is 7.91. The number of carboxylic acid groups (broad SMARTS) is 1. The van der Waals surface area contributed by atoms with Gasteiger partial charge in [-0.05, 0) is 67.3 Å². The highest BCUT2D eigenvalue weighted by atomic mass is 35.5.